The summed E-state index contributed by atoms with van der Waals surface area (Å²) in [5.41, 5.74) is 1.18. The van der Waals surface area contributed by atoms with Crippen molar-refractivity contribution in [2.45, 2.75) is 51.1 Å². The van der Waals surface area contributed by atoms with Crippen molar-refractivity contribution in [2.75, 3.05) is 31.2 Å². The van der Waals surface area contributed by atoms with Gasteiger partial charge in [-0.3, -0.25) is 4.79 Å². The molecule has 1 unspecified atom stereocenters. The summed E-state index contributed by atoms with van der Waals surface area (Å²) < 4.78 is 5.95. The number of carbonyl (C=O) groups is 1. The number of amides is 1. The zero-order valence-corrected chi connectivity index (χ0v) is 16.0. The summed E-state index contributed by atoms with van der Waals surface area (Å²) in [6.07, 6.45) is 5.72. The predicted octanol–water partition coefficient (Wildman–Crippen LogP) is 3.62. The first-order chi connectivity index (χ1) is 12.3. The molecule has 0 bridgehead atoms. The molecule has 4 nitrogen and oxygen atoms in total. The third kappa shape index (κ3) is 5.14. The quantitative estimate of drug-likeness (QED) is 0.804. The fourth-order valence-corrected chi connectivity index (χ4v) is 4.78. The molecule has 1 N–H and O–H groups in total. The van der Waals surface area contributed by atoms with E-state index in [0.717, 1.165) is 38.1 Å². The highest BCUT2D eigenvalue weighted by Gasteiger charge is 2.22. The Morgan fingerprint density at radius 2 is 2.00 bits per heavy atom. The van der Waals surface area contributed by atoms with Crippen LogP contribution in [0.5, 0.6) is 5.75 Å². The first-order valence-corrected chi connectivity index (χ1v) is 10.8. The van der Waals surface area contributed by atoms with Crippen LogP contribution >= 0.6 is 11.8 Å². The maximum absolute atomic E-state index is 12.3. The van der Waals surface area contributed by atoms with Crippen molar-refractivity contribution in [3.05, 3.63) is 29.8 Å². The van der Waals surface area contributed by atoms with Gasteiger partial charge in [0.25, 0.3) is 5.91 Å². The average Bonchev–Trinajstić information content (AvgIpc) is 3.20. The number of benzene rings is 1. The lowest BCUT2D eigenvalue weighted by Gasteiger charge is -2.29. The Bertz CT molecular complexity index is 554. The molecule has 1 amide bonds. The largest absolute Gasteiger partial charge is 0.483 e. The molecule has 0 aromatic heterocycles. The van der Waals surface area contributed by atoms with Gasteiger partial charge in [0.05, 0.1) is 0 Å². The van der Waals surface area contributed by atoms with Gasteiger partial charge in [-0.25, -0.2) is 0 Å². The smallest absolute Gasteiger partial charge is 0.260 e. The number of hydrogen-bond donors (Lipinski definition) is 1. The van der Waals surface area contributed by atoms with E-state index in [1.165, 1.54) is 29.9 Å². The number of thioether (sulfide) groups is 1. The SMILES string of the molecule is CCC(NC1CCSCC1)c1ccccc1OCC(=O)N1CCCC1. The maximum atomic E-state index is 12.3. The van der Waals surface area contributed by atoms with Gasteiger partial charge in [-0.1, -0.05) is 25.1 Å². The minimum absolute atomic E-state index is 0.109. The molecule has 2 saturated heterocycles. The van der Waals surface area contributed by atoms with Crippen LogP contribution in [-0.4, -0.2) is 48.1 Å². The van der Waals surface area contributed by atoms with Gasteiger partial charge >= 0.3 is 0 Å². The first kappa shape index (κ1) is 18.6. The van der Waals surface area contributed by atoms with Crippen LogP contribution in [0.25, 0.3) is 0 Å². The molecule has 1 aromatic rings. The van der Waals surface area contributed by atoms with Crippen LogP contribution in [-0.2, 0) is 4.79 Å². The topological polar surface area (TPSA) is 41.6 Å². The van der Waals surface area contributed by atoms with E-state index in [0.29, 0.717) is 6.04 Å². The minimum atomic E-state index is 0.109. The van der Waals surface area contributed by atoms with Gasteiger partial charge in [-0.05, 0) is 49.7 Å². The standard InChI is InChI=1S/C20H30N2O2S/c1-2-18(21-16-9-13-25-14-10-16)17-7-3-4-8-19(17)24-15-20(23)22-11-5-6-12-22/h3-4,7-8,16,18,21H,2,5-6,9-15H2,1H3. The van der Waals surface area contributed by atoms with Gasteiger partial charge < -0.3 is 15.0 Å². The molecular weight excluding hydrogens is 332 g/mol. The fourth-order valence-electron chi connectivity index (χ4n) is 3.67. The van der Waals surface area contributed by atoms with Crippen LogP contribution in [0.2, 0.25) is 0 Å². The Hall–Kier alpha value is -1.20. The summed E-state index contributed by atoms with van der Waals surface area (Å²) in [5, 5.41) is 3.82. The molecule has 3 rings (SSSR count). The van der Waals surface area contributed by atoms with E-state index < -0.39 is 0 Å². The summed E-state index contributed by atoms with van der Waals surface area (Å²) in [6.45, 7) is 4.11. The molecule has 2 heterocycles. The molecule has 0 saturated carbocycles. The van der Waals surface area contributed by atoms with E-state index >= 15 is 0 Å². The van der Waals surface area contributed by atoms with E-state index in [1.54, 1.807) is 0 Å². The highest BCUT2D eigenvalue weighted by Crippen LogP contribution is 2.29. The Kier molecular flexibility index (Phi) is 7.05. The molecule has 5 heteroatoms. The van der Waals surface area contributed by atoms with Crippen molar-refractivity contribution in [3.8, 4) is 5.75 Å². The van der Waals surface area contributed by atoms with Gasteiger partial charge in [-0.2, -0.15) is 11.8 Å². The summed E-state index contributed by atoms with van der Waals surface area (Å²) in [6, 6.07) is 9.05. The molecule has 0 aliphatic carbocycles. The Morgan fingerprint density at radius 3 is 2.72 bits per heavy atom. The zero-order chi connectivity index (χ0) is 17.5. The van der Waals surface area contributed by atoms with E-state index in [4.69, 9.17) is 4.74 Å². The predicted molar refractivity (Wildman–Crippen MR) is 104 cm³/mol. The van der Waals surface area contributed by atoms with Gasteiger partial charge in [0, 0.05) is 30.7 Å². The average molecular weight is 363 g/mol. The van der Waals surface area contributed by atoms with Crippen LogP contribution in [0.4, 0.5) is 0 Å². The second-order valence-electron chi connectivity index (χ2n) is 6.93. The van der Waals surface area contributed by atoms with Crippen molar-refractivity contribution >= 4 is 17.7 Å². The summed E-state index contributed by atoms with van der Waals surface area (Å²) in [4.78, 5) is 14.2. The highest BCUT2D eigenvalue weighted by molar-refractivity contribution is 7.99. The van der Waals surface area contributed by atoms with Gasteiger partial charge in [0.15, 0.2) is 6.61 Å². The third-order valence-electron chi connectivity index (χ3n) is 5.17. The molecule has 1 aromatic carbocycles. The molecule has 1 atom stereocenters. The van der Waals surface area contributed by atoms with E-state index in [9.17, 15) is 4.79 Å². The highest BCUT2D eigenvalue weighted by atomic mass is 32.2. The molecular formula is C20H30N2O2S. The van der Waals surface area contributed by atoms with E-state index in [2.05, 4.69) is 24.4 Å². The minimum Gasteiger partial charge on any atom is -0.483 e. The number of likely N-dealkylation sites (tertiary alicyclic amines) is 1. The van der Waals surface area contributed by atoms with Gasteiger partial charge in [0.1, 0.15) is 5.75 Å². The van der Waals surface area contributed by atoms with Crippen LogP contribution in [0.3, 0.4) is 0 Å². The molecule has 2 aliphatic rings. The summed E-state index contributed by atoms with van der Waals surface area (Å²) in [7, 11) is 0. The van der Waals surface area contributed by atoms with Crippen molar-refractivity contribution < 1.29 is 9.53 Å². The third-order valence-corrected chi connectivity index (χ3v) is 6.22. The first-order valence-electron chi connectivity index (χ1n) is 9.61. The molecule has 0 radical (unpaired) electrons. The second kappa shape index (κ2) is 9.48. The van der Waals surface area contributed by atoms with Crippen molar-refractivity contribution in [2.24, 2.45) is 0 Å². The lowest BCUT2D eigenvalue weighted by molar-refractivity contribution is -0.132. The number of ether oxygens (including phenoxy) is 1. The number of hydrogen-bond acceptors (Lipinski definition) is 4. The van der Waals surface area contributed by atoms with Crippen molar-refractivity contribution in [3.63, 3.8) is 0 Å². The van der Waals surface area contributed by atoms with Crippen molar-refractivity contribution in [1.29, 1.82) is 0 Å². The lowest BCUT2D eigenvalue weighted by atomic mass is 10.0. The van der Waals surface area contributed by atoms with Crippen LogP contribution < -0.4 is 10.1 Å². The van der Waals surface area contributed by atoms with Crippen molar-refractivity contribution in [1.82, 2.24) is 10.2 Å². The molecule has 138 valence electrons. The van der Waals surface area contributed by atoms with E-state index in [-0.39, 0.29) is 18.6 Å². The summed E-state index contributed by atoms with van der Waals surface area (Å²) in [5.74, 6) is 3.45. The number of nitrogens with zero attached hydrogens (tertiary/aromatic N) is 1. The van der Waals surface area contributed by atoms with Crippen LogP contribution in [0, 0.1) is 0 Å². The second-order valence-corrected chi connectivity index (χ2v) is 8.15. The normalized spacial score (nSPS) is 19.8. The van der Waals surface area contributed by atoms with Crippen LogP contribution in [0.15, 0.2) is 24.3 Å². The fraction of sp³-hybridized carbons (Fsp3) is 0.650. The maximum Gasteiger partial charge on any atom is 0.260 e. The molecule has 2 fully saturated rings. The van der Waals surface area contributed by atoms with Gasteiger partial charge in [0.2, 0.25) is 0 Å². The van der Waals surface area contributed by atoms with Crippen LogP contribution in [0.1, 0.15) is 50.6 Å². The Morgan fingerprint density at radius 1 is 1.28 bits per heavy atom. The molecule has 2 aliphatic heterocycles. The number of rotatable bonds is 7. The lowest BCUT2D eigenvalue weighted by Crippen LogP contribution is -2.36. The zero-order valence-electron chi connectivity index (χ0n) is 15.2. The number of para-hydroxylation sites is 1. The number of nitrogens with one attached hydrogen (secondary N) is 1. The number of carbonyl (C=O) groups excluding carboxylic acids is 1. The molecule has 0 spiro atoms. The van der Waals surface area contributed by atoms with E-state index in [1.807, 2.05) is 28.8 Å². The van der Waals surface area contributed by atoms with Gasteiger partial charge in [-0.15, -0.1) is 0 Å². The molecule has 25 heavy (non-hydrogen) atoms. The monoisotopic (exact) mass is 362 g/mol. The Balaban J connectivity index is 1.62. The Labute approximate surface area is 155 Å². The summed E-state index contributed by atoms with van der Waals surface area (Å²) >= 11 is 2.05.